The summed E-state index contributed by atoms with van der Waals surface area (Å²) < 4.78 is 0. The maximum absolute atomic E-state index is 11.3. The lowest BCUT2D eigenvalue weighted by Gasteiger charge is -2.04. The van der Waals surface area contributed by atoms with Crippen LogP contribution in [0.15, 0.2) is 36.4 Å². The minimum absolute atomic E-state index is 0.446. The molecule has 0 saturated carbocycles. The number of nitrogens with one attached hydrogen (secondary N) is 1. The van der Waals surface area contributed by atoms with Crippen molar-refractivity contribution in [2.45, 2.75) is 26.2 Å². The Bertz CT molecular complexity index is 435. The van der Waals surface area contributed by atoms with Gasteiger partial charge in [-0.25, -0.2) is 4.79 Å². The Labute approximate surface area is 106 Å². The van der Waals surface area contributed by atoms with Crippen LogP contribution in [0.4, 0.5) is 5.69 Å². The van der Waals surface area contributed by atoms with Gasteiger partial charge in [-0.2, -0.15) is 0 Å². The van der Waals surface area contributed by atoms with Gasteiger partial charge in [0.05, 0.1) is 0 Å². The molecule has 0 heterocycles. The highest BCUT2D eigenvalue weighted by molar-refractivity contribution is 6.02. The van der Waals surface area contributed by atoms with E-state index in [1.807, 2.05) is 24.3 Å². The first kappa shape index (κ1) is 14.0. The van der Waals surface area contributed by atoms with E-state index in [2.05, 4.69) is 12.2 Å². The predicted octanol–water partition coefficient (Wildman–Crippen LogP) is 2.61. The fourth-order valence-electron chi connectivity index (χ4n) is 1.47. The third-order valence-corrected chi connectivity index (χ3v) is 2.42. The molecule has 2 N–H and O–H groups in total. The summed E-state index contributed by atoms with van der Waals surface area (Å²) in [5.74, 6) is -1.58. The average molecular weight is 247 g/mol. The van der Waals surface area contributed by atoms with Crippen LogP contribution in [0.3, 0.4) is 0 Å². The topological polar surface area (TPSA) is 66.4 Å². The van der Waals surface area contributed by atoms with Crippen molar-refractivity contribution in [1.82, 2.24) is 0 Å². The maximum Gasteiger partial charge on any atom is 0.328 e. The van der Waals surface area contributed by atoms with Crippen LogP contribution in [0.2, 0.25) is 0 Å². The zero-order chi connectivity index (χ0) is 13.4. The van der Waals surface area contributed by atoms with Gasteiger partial charge in [0.15, 0.2) is 0 Å². The molecule has 0 radical (unpaired) electrons. The molecule has 1 amide bonds. The van der Waals surface area contributed by atoms with E-state index in [0.29, 0.717) is 5.69 Å². The molecule has 0 saturated heterocycles. The summed E-state index contributed by atoms with van der Waals surface area (Å²) in [5, 5.41) is 11.0. The zero-order valence-electron chi connectivity index (χ0n) is 10.3. The molecule has 1 aromatic carbocycles. The van der Waals surface area contributed by atoms with Gasteiger partial charge in [-0.3, -0.25) is 4.79 Å². The third-order valence-electron chi connectivity index (χ3n) is 2.42. The number of aryl methyl sites for hydroxylation is 1. The molecular formula is C14H17NO3. The highest BCUT2D eigenvalue weighted by atomic mass is 16.4. The minimum atomic E-state index is -1.14. The smallest absolute Gasteiger partial charge is 0.328 e. The van der Waals surface area contributed by atoms with E-state index in [4.69, 9.17) is 5.11 Å². The van der Waals surface area contributed by atoms with Gasteiger partial charge < -0.3 is 10.4 Å². The second kappa shape index (κ2) is 7.27. The summed E-state index contributed by atoms with van der Waals surface area (Å²) in [6.07, 6.45) is 5.13. The number of aliphatic carboxylic acids is 1. The van der Waals surface area contributed by atoms with Crippen LogP contribution < -0.4 is 5.32 Å². The lowest BCUT2D eigenvalue weighted by molar-refractivity contribution is -0.131. The molecule has 4 heteroatoms. The molecule has 0 aliphatic carbocycles. The van der Waals surface area contributed by atoms with Crippen molar-refractivity contribution in [3.05, 3.63) is 42.0 Å². The molecule has 0 spiro atoms. The molecule has 0 bridgehead atoms. The molecule has 1 aromatic rings. The van der Waals surface area contributed by atoms with Gasteiger partial charge in [0.25, 0.3) is 0 Å². The predicted molar refractivity (Wildman–Crippen MR) is 70.5 cm³/mol. The average Bonchev–Trinajstić information content (AvgIpc) is 2.35. The van der Waals surface area contributed by atoms with Crippen molar-refractivity contribution < 1.29 is 14.7 Å². The summed E-state index contributed by atoms with van der Waals surface area (Å²) in [4.78, 5) is 21.5. The number of amides is 1. The van der Waals surface area contributed by atoms with E-state index in [0.717, 1.165) is 31.4 Å². The van der Waals surface area contributed by atoms with Crippen molar-refractivity contribution in [2.24, 2.45) is 0 Å². The number of carbonyl (C=O) groups excluding carboxylic acids is 1. The Morgan fingerprint density at radius 3 is 2.44 bits per heavy atom. The number of rotatable bonds is 6. The van der Waals surface area contributed by atoms with Crippen LogP contribution >= 0.6 is 0 Å². The lowest BCUT2D eigenvalue weighted by atomic mass is 10.1. The number of carboxylic acid groups (broad SMARTS) is 1. The van der Waals surface area contributed by atoms with Crippen LogP contribution in [0.5, 0.6) is 0 Å². The van der Waals surface area contributed by atoms with Gasteiger partial charge >= 0.3 is 5.97 Å². The second-order valence-corrected chi connectivity index (χ2v) is 3.96. The first-order valence-corrected chi connectivity index (χ1v) is 5.92. The number of anilines is 1. The van der Waals surface area contributed by atoms with Gasteiger partial charge in [-0.05, 0) is 30.5 Å². The van der Waals surface area contributed by atoms with Crippen LogP contribution in [0.1, 0.15) is 25.3 Å². The van der Waals surface area contributed by atoms with Crippen molar-refractivity contribution in [3.8, 4) is 0 Å². The van der Waals surface area contributed by atoms with E-state index < -0.39 is 11.9 Å². The van der Waals surface area contributed by atoms with Gasteiger partial charge in [-0.15, -0.1) is 0 Å². The van der Waals surface area contributed by atoms with Crippen LogP contribution in [0, 0.1) is 0 Å². The molecule has 0 unspecified atom stereocenters. The molecule has 4 nitrogen and oxygen atoms in total. The first-order valence-electron chi connectivity index (χ1n) is 5.92. The van der Waals surface area contributed by atoms with Gasteiger partial charge in [0.1, 0.15) is 0 Å². The summed E-state index contributed by atoms with van der Waals surface area (Å²) >= 11 is 0. The van der Waals surface area contributed by atoms with E-state index >= 15 is 0 Å². The van der Waals surface area contributed by atoms with Gasteiger partial charge in [-0.1, -0.05) is 25.5 Å². The largest absolute Gasteiger partial charge is 0.478 e. The van der Waals surface area contributed by atoms with Crippen LogP contribution in [0.25, 0.3) is 0 Å². The Hall–Kier alpha value is -2.10. The minimum Gasteiger partial charge on any atom is -0.478 e. The molecule has 0 fully saturated rings. The number of carboxylic acids is 1. The quantitative estimate of drug-likeness (QED) is 0.759. The molecule has 0 aromatic heterocycles. The first-order chi connectivity index (χ1) is 8.61. The van der Waals surface area contributed by atoms with E-state index in [1.165, 1.54) is 5.56 Å². The summed E-state index contributed by atoms with van der Waals surface area (Å²) in [6.45, 7) is 2.14. The summed E-state index contributed by atoms with van der Waals surface area (Å²) in [5.41, 5.74) is 1.89. The maximum atomic E-state index is 11.3. The van der Waals surface area contributed by atoms with Gasteiger partial charge in [0, 0.05) is 17.8 Å². The molecule has 0 aliphatic rings. The standard InChI is InChI=1S/C14H17NO3/c1-2-3-4-11-5-7-12(8-6-11)15-13(16)9-10-14(17)18/h5-10H,2-4H2,1H3,(H,15,16)(H,17,18)/b10-9+. The molecule has 1 rings (SSSR count). The van der Waals surface area contributed by atoms with E-state index in [1.54, 1.807) is 0 Å². The normalized spacial score (nSPS) is 10.5. The summed E-state index contributed by atoms with van der Waals surface area (Å²) in [7, 11) is 0. The number of benzene rings is 1. The lowest BCUT2D eigenvalue weighted by Crippen LogP contribution is -2.08. The zero-order valence-corrected chi connectivity index (χ0v) is 10.3. The van der Waals surface area contributed by atoms with E-state index in [-0.39, 0.29) is 0 Å². The molecule has 0 atom stereocenters. The fraction of sp³-hybridized carbons (Fsp3) is 0.286. The molecule has 0 aliphatic heterocycles. The van der Waals surface area contributed by atoms with Crippen molar-refractivity contribution >= 4 is 17.6 Å². The Balaban J connectivity index is 2.53. The SMILES string of the molecule is CCCCc1ccc(NC(=O)/C=C/C(=O)O)cc1. The van der Waals surface area contributed by atoms with Crippen LogP contribution in [-0.2, 0) is 16.0 Å². The fourth-order valence-corrected chi connectivity index (χ4v) is 1.47. The molecule has 96 valence electrons. The van der Waals surface area contributed by atoms with Crippen molar-refractivity contribution in [1.29, 1.82) is 0 Å². The Morgan fingerprint density at radius 2 is 1.89 bits per heavy atom. The van der Waals surface area contributed by atoms with Crippen molar-refractivity contribution in [3.63, 3.8) is 0 Å². The molecular weight excluding hydrogens is 230 g/mol. The van der Waals surface area contributed by atoms with E-state index in [9.17, 15) is 9.59 Å². The number of unbranched alkanes of at least 4 members (excludes halogenated alkanes) is 1. The summed E-state index contributed by atoms with van der Waals surface area (Å²) in [6, 6.07) is 7.56. The highest BCUT2D eigenvalue weighted by Crippen LogP contribution is 2.11. The molecule has 18 heavy (non-hydrogen) atoms. The number of carbonyl (C=O) groups is 2. The van der Waals surface area contributed by atoms with Crippen molar-refractivity contribution in [2.75, 3.05) is 5.32 Å². The van der Waals surface area contributed by atoms with Crippen LogP contribution in [-0.4, -0.2) is 17.0 Å². The highest BCUT2D eigenvalue weighted by Gasteiger charge is 1.99. The third kappa shape index (κ3) is 5.30. The Morgan fingerprint density at radius 1 is 1.22 bits per heavy atom. The number of hydrogen-bond acceptors (Lipinski definition) is 2. The Kier molecular flexibility index (Phi) is 5.64. The number of hydrogen-bond donors (Lipinski definition) is 2. The van der Waals surface area contributed by atoms with Gasteiger partial charge in [0.2, 0.25) is 5.91 Å². The monoisotopic (exact) mass is 247 g/mol. The second-order valence-electron chi connectivity index (χ2n) is 3.96.